The quantitative estimate of drug-likeness (QED) is 0.402. The number of aryl methyl sites for hydroxylation is 1. The van der Waals surface area contributed by atoms with Crippen LogP contribution in [0.1, 0.15) is 16.3 Å². The Balaban J connectivity index is 1.31. The van der Waals surface area contributed by atoms with Crippen LogP contribution in [0.15, 0.2) is 59.1 Å². The third-order valence-electron chi connectivity index (χ3n) is 4.19. The number of benzene rings is 2. The second kappa shape index (κ2) is 9.19. The molecule has 0 fully saturated rings. The summed E-state index contributed by atoms with van der Waals surface area (Å²) >= 11 is 2.85. The Bertz CT molecular complexity index is 1160. The predicted octanol–water partition coefficient (Wildman–Crippen LogP) is 4.85. The molecule has 0 unspecified atom stereocenters. The molecule has 0 saturated heterocycles. The summed E-state index contributed by atoms with van der Waals surface area (Å²) in [7, 11) is 0. The first-order chi connectivity index (χ1) is 14.6. The summed E-state index contributed by atoms with van der Waals surface area (Å²) in [4.78, 5) is 21.1. The molecular weight excluding hydrogens is 421 g/mol. The van der Waals surface area contributed by atoms with Gasteiger partial charge in [-0.1, -0.05) is 41.6 Å². The van der Waals surface area contributed by atoms with Crippen molar-refractivity contribution in [2.75, 3.05) is 5.32 Å². The lowest BCUT2D eigenvalue weighted by Gasteiger charge is -2.04. The molecule has 4 aromatic rings. The number of thiazole rings is 1. The molecule has 6 nitrogen and oxygen atoms in total. The van der Waals surface area contributed by atoms with Crippen LogP contribution >= 0.6 is 23.1 Å². The van der Waals surface area contributed by atoms with Crippen molar-refractivity contribution in [2.45, 2.75) is 24.3 Å². The SMILES string of the molecule is Cc1ccc(NC(=O)Cc2nc(CSc3n[nH]c(-c4ccccc4F)n3)cs2)cc1. The highest BCUT2D eigenvalue weighted by molar-refractivity contribution is 7.98. The summed E-state index contributed by atoms with van der Waals surface area (Å²) in [6.07, 6.45) is 0.224. The lowest BCUT2D eigenvalue weighted by atomic mass is 10.2. The molecule has 4 rings (SSSR count). The lowest BCUT2D eigenvalue weighted by Crippen LogP contribution is -2.14. The number of hydrogen-bond donors (Lipinski definition) is 2. The van der Waals surface area contributed by atoms with E-state index in [-0.39, 0.29) is 18.1 Å². The van der Waals surface area contributed by atoms with Crippen LogP contribution in [-0.4, -0.2) is 26.1 Å². The van der Waals surface area contributed by atoms with Gasteiger partial charge in [-0.15, -0.1) is 16.4 Å². The van der Waals surface area contributed by atoms with Gasteiger partial charge in [0, 0.05) is 16.8 Å². The zero-order valence-electron chi connectivity index (χ0n) is 16.1. The molecule has 30 heavy (non-hydrogen) atoms. The van der Waals surface area contributed by atoms with Crippen molar-refractivity contribution in [1.29, 1.82) is 0 Å². The summed E-state index contributed by atoms with van der Waals surface area (Å²) in [5, 5.41) is 13.0. The number of rotatable bonds is 7. The van der Waals surface area contributed by atoms with Crippen LogP contribution in [0.3, 0.4) is 0 Å². The standard InChI is InChI=1S/C21H18FN5OS2/c1-13-6-8-14(9-7-13)23-18(28)10-19-24-15(11-29-19)12-30-21-25-20(26-27-21)16-4-2-3-5-17(16)22/h2-9,11H,10,12H2,1H3,(H,23,28)(H,25,26,27). The first kappa shape index (κ1) is 20.2. The normalized spacial score (nSPS) is 10.9. The number of thioether (sulfide) groups is 1. The van der Waals surface area contributed by atoms with Gasteiger partial charge in [-0.2, -0.15) is 0 Å². The fourth-order valence-corrected chi connectivity index (χ4v) is 4.29. The number of aromatic amines is 1. The van der Waals surface area contributed by atoms with Crippen LogP contribution in [0.4, 0.5) is 10.1 Å². The van der Waals surface area contributed by atoms with Crippen LogP contribution in [-0.2, 0) is 17.0 Å². The van der Waals surface area contributed by atoms with E-state index in [9.17, 15) is 9.18 Å². The van der Waals surface area contributed by atoms with E-state index < -0.39 is 0 Å². The predicted molar refractivity (Wildman–Crippen MR) is 117 cm³/mol. The third kappa shape index (κ3) is 5.11. The molecule has 0 atom stereocenters. The fraction of sp³-hybridized carbons (Fsp3) is 0.143. The van der Waals surface area contributed by atoms with E-state index in [0.717, 1.165) is 22.0 Å². The van der Waals surface area contributed by atoms with Gasteiger partial charge in [0.05, 0.1) is 17.7 Å². The summed E-state index contributed by atoms with van der Waals surface area (Å²) < 4.78 is 13.9. The van der Waals surface area contributed by atoms with Gasteiger partial charge in [0.2, 0.25) is 11.1 Å². The second-order valence-electron chi connectivity index (χ2n) is 6.56. The Morgan fingerprint density at radius 3 is 2.77 bits per heavy atom. The minimum absolute atomic E-state index is 0.101. The number of halogens is 1. The van der Waals surface area contributed by atoms with Crippen molar-refractivity contribution in [1.82, 2.24) is 20.2 Å². The minimum Gasteiger partial charge on any atom is -0.326 e. The van der Waals surface area contributed by atoms with Crippen molar-refractivity contribution < 1.29 is 9.18 Å². The Morgan fingerprint density at radius 1 is 1.17 bits per heavy atom. The summed E-state index contributed by atoms with van der Waals surface area (Å²) in [5.74, 6) is 0.501. The smallest absolute Gasteiger partial charge is 0.231 e. The van der Waals surface area contributed by atoms with Crippen LogP contribution in [0.25, 0.3) is 11.4 Å². The average Bonchev–Trinajstić information content (AvgIpc) is 3.38. The van der Waals surface area contributed by atoms with Crippen molar-refractivity contribution in [3.8, 4) is 11.4 Å². The molecule has 0 saturated carbocycles. The van der Waals surface area contributed by atoms with E-state index in [1.807, 2.05) is 36.6 Å². The van der Waals surface area contributed by atoms with E-state index in [2.05, 4.69) is 25.5 Å². The van der Waals surface area contributed by atoms with Crippen LogP contribution < -0.4 is 5.32 Å². The number of anilines is 1. The molecule has 9 heteroatoms. The van der Waals surface area contributed by atoms with Gasteiger partial charge in [-0.05, 0) is 31.2 Å². The highest BCUT2D eigenvalue weighted by Gasteiger charge is 2.12. The molecule has 2 heterocycles. The minimum atomic E-state index is -0.349. The maximum absolute atomic E-state index is 13.9. The highest BCUT2D eigenvalue weighted by atomic mass is 32.2. The molecule has 0 spiro atoms. The molecule has 152 valence electrons. The van der Waals surface area contributed by atoms with E-state index in [0.29, 0.717) is 22.3 Å². The van der Waals surface area contributed by atoms with Gasteiger partial charge in [-0.25, -0.2) is 14.4 Å². The molecular formula is C21H18FN5OS2. The van der Waals surface area contributed by atoms with E-state index in [1.165, 1.54) is 29.2 Å². The molecule has 0 aliphatic carbocycles. The molecule has 2 aromatic heterocycles. The topological polar surface area (TPSA) is 83.6 Å². The zero-order valence-corrected chi connectivity index (χ0v) is 17.7. The van der Waals surface area contributed by atoms with Gasteiger partial charge >= 0.3 is 0 Å². The number of amides is 1. The summed E-state index contributed by atoms with van der Waals surface area (Å²) in [6, 6.07) is 14.1. The molecule has 2 N–H and O–H groups in total. The van der Waals surface area contributed by atoms with Crippen molar-refractivity contribution in [2.24, 2.45) is 0 Å². The number of nitrogens with one attached hydrogen (secondary N) is 2. The summed E-state index contributed by atoms with van der Waals surface area (Å²) in [5.41, 5.74) is 3.14. The Morgan fingerprint density at radius 2 is 1.97 bits per heavy atom. The molecule has 0 aliphatic heterocycles. The van der Waals surface area contributed by atoms with Crippen molar-refractivity contribution in [3.63, 3.8) is 0 Å². The summed E-state index contributed by atoms with van der Waals surface area (Å²) in [6.45, 7) is 2.00. The van der Waals surface area contributed by atoms with E-state index >= 15 is 0 Å². The van der Waals surface area contributed by atoms with Crippen LogP contribution in [0.2, 0.25) is 0 Å². The van der Waals surface area contributed by atoms with Crippen molar-refractivity contribution >= 4 is 34.7 Å². The molecule has 0 radical (unpaired) electrons. The van der Waals surface area contributed by atoms with Crippen molar-refractivity contribution in [3.05, 3.63) is 76.0 Å². The number of hydrogen-bond acceptors (Lipinski definition) is 6. The maximum atomic E-state index is 13.9. The van der Waals surface area contributed by atoms with Crippen LogP contribution in [0.5, 0.6) is 0 Å². The van der Waals surface area contributed by atoms with E-state index in [1.54, 1.807) is 18.2 Å². The van der Waals surface area contributed by atoms with Gasteiger partial charge in [0.25, 0.3) is 0 Å². The average molecular weight is 440 g/mol. The number of carbonyl (C=O) groups excluding carboxylic acids is 1. The Labute approximate surface area is 181 Å². The number of carbonyl (C=O) groups is 1. The first-order valence-electron chi connectivity index (χ1n) is 9.17. The third-order valence-corrected chi connectivity index (χ3v) is 5.97. The zero-order chi connectivity index (χ0) is 20.9. The molecule has 1 amide bonds. The molecule has 0 bridgehead atoms. The number of nitrogens with zero attached hydrogens (tertiary/aromatic N) is 3. The monoisotopic (exact) mass is 439 g/mol. The van der Waals surface area contributed by atoms with E-state index in [4.69, 9.17) is 0 Å². The largest absolute Gasteiger partial charge is 0.326 e. The lowest BCUT2D eigenvalue weighted by molar-refractivity contribution is -0.115. The molecule has 0 aliphatic rings. The maximum Gasteiger partial charge on any atom is 0.231 e. The van der Waals surface area contributed by atoms with Gasteiger partial charge in [-0.3, -0.25) is 9.89 Å². The van der Waals surface area contributed by atoms with Gasteiger partial charge < -0.3 is 5.32 Å². The number of aromatic nitrogens is 4. The molecule has 2 aromatic carbocycles. The fourth-order valence-electron chi connectivity index (χ4n) is 2.70. The number of H-pyrrole nitrogens is 1. The van der Waals surface area contributed by atoms with Crippen LogP contribution in [0, 0.1) is 12.7 Å². The Hall–Kier alpha value is -3.04. The van der Waals surface area contributed by atoms with Gasteiger partial charge in [0.1, 0.15) is 10.8 Å². The van der Waals surface area contributed by atoms with Gasteiger partial charge in [0.15, 0.2) is 5.82 Å². The second-order valence-corrected chi connectivity index (χ2v) is 8.44. The Kier molecular flexibility index (Phi) is 6.20. The highest BCUT2D eigenvalue weighted by Crippen LogP contribution is 2.24. The first-order valence-corrected chi connectivity index (χ1v) is 11.0.